The number of nitrogens with one attached hydrogen (secondary N) is 1. The Morgan fingerprint density at radius 1 is 1.35 bits per heavy atom. The van der Waals surface area contributed by atoms with Gasteiger partial charge < -0.3 is 10.2 Å². The van der Waals surface area contributed by atoms with Crippen LogP contribution in [-0.2, 0) is 16.4 Å². The van der Waals surface area contributed by atoms with Gasteiger partial charge in [0.15, 0.2) is 0 Å². The Morgan fingerprint density at radius 2 is 2.00 bits per heavy atom. The Morgan fingerprint density at radius 3 is 2.45 bits per heavy atom. The van der Waals surface area contributed by atoms with Gasteiger partial charge in [-0.15, -0.1) is 0 Å². The first-order chi connectivity index (χ1) is 9.35. The van der Waals surface area contributed by atoms with Crippen molar-refractivity contribution in [3.8, 4) is 0 Å². The van der Waals surface area contributed by atoms with Gasteiger partial charge in [-0.2, -0.15) is 0 Å². The van der Waals surface area contributed by atoms with Gasteiger partial charge in [-0.1, -0.05) is 19.9 Å². The van der Waals surface area contributed by atoms with E-state index in [9.17, 15) is 13.2 Å². The average Bonchev–Trinajstić information content (AvgIpc) is 2.43. The Balaban J connectivity index is 3.19. The van der Waals surface area contributed by atoms with E-state index in [1.54, 1.807) is 13.8 Å². The fourth-order valence-electron chi connectivity index (χ4n) is 1.77. The second kappa shape index (κ2) is 6.83. The maximum atomic E-state index is 12.1. The van der Waals surface area contributed by atoms with Crippen molar-refractivity contribution in [1.82, 2.24) is 4.72 Å². The van der Waals surface area contributed by atoms with Crippen molar-refractivity contribution in [3.63, 3.8) is 0 Å². The number of benzene rings is 1. The number of aliphatic hydroxyl groups excluding tert-OH is 1. The van der Waals surface area contributed by atoms with Crippen molar-refractivity contribution >= 4 is 16.0 Å². The molecule has 0 aromatic heterocycles. The molecular weight excluding hydrogens is 282 g/mol. The lowest BCUT2D eigenvalue weighted by molar-refractivity contribution is 0.0695. The molecule has 0 radical (unpaired) electrons. The fourth-order valence-corrected chi connectivity index (χ4v) is 3.10. The van der Waals surface area contributed by atoms with E-state index >= 15 is 0 Å². The van der Waals surface area contributed by atoms with E-state index in [4.69, 9.17) is 10.2 Å². The number of carbonyl (C=O) groups is 1. The van der Waals surface area contributed by atoms with Crippen molar-refractivity contribution in [3.05, 3.63) is 29.3 Å². The van der Waals surface area contributed by atoms with Gasteiger partial charge in [0, 0.05) is 6.04 Å². The lowest BCUT2D eigenvalue weighted by Gasteiger charge is -2.15. The summed E-state index contributed by atoms with van der Waals surface area (Å²) >= 11 is 0. The Bertz CT molecular complexity index is 578. The van der Waals surface area contributed by atoms with Crippen molar-refractivity contribution in [2.45, 2.75) is 37.6 Å². The van der Waals surface area contributed by atoms with E-state index in [2.05, 4.69) is 4.72 Å². The average molecular weight is 301 g/mol. The van der Waals surface area contributed by atoms with Crippen LogP contribution in [0.4, 0.5) is 0 Å². The second-order valence-corrected chi connectivity index (χ2v) is 6.10. The quantitative estimate of drug-likeness (QED) is 0.697. The number of carboxylic acid groups (broad SMARTS) is 1. The highest BCUT2D eigenvalue weighted by atomic mass is 32.2. The summed E-state index contributed by atoms with van der Waals surface area (Å²) in [7, 11) is -3.84. The van der Waals surface area contributed by atoms with Gasteiger partial charge in [0.05, 0.1) is 17.1 Å². The molecular formula is C13H19NO5S. The van der Waals surface area contributed by atoms with E-state index in [-0.39, 0.29) is 17.1 Å². The van der Waals surface area contributed by atoms with E-state index in [0.717, 1.165) is 6.07 Å². The highest BCUT2D eigenvalue weighted by molar-refractivity contribution is 7.89. The lowest BCUT2D eigenvalue weighted by Crippen LogP contribution is -2.37. The Labute approximate surface area is 118 Å². The van der Waals surface area contributed by atoms with Crippen molar-refractivity contribution < 1.29 is 23.4 Å². The first-order valence-corrected chi connectivity index (χ1v) is 7.83. The molecule has 0 aliphatic carbocycles. The van der Waals surface area contributed by atoms with Crippen LogP contribution in [0.1, 0.15) is 36.2 Å². The summed E-state index contributed by atoms with van der Waals surface area (Å²) in [5, 5.41) is 18.1. The second-order valence-electron chi connectivity index (χ2n) is 4.39. The van der Waals surface area contributed by atoms with Gasteiger partial charge >= 0.3 is 5.97 Å². The summed E-state index contributed by atoms with van der Waals surface area (Å²) < 4.78 is 26.6. The molecule has 3 N–H and O–H groups in total. The molecule has 0 bridgehead atoms. The van der Waals surface area contributed by atoms with Crippen molar-refractivity contribution in [1.29, 1.82) is 0 Å². The van der Waals surface area contributed by atoms with Gasteiger partial charge in [-0.25, -0.2) is 17.9 Å². The van der Waals surface area contributed by atoms with Crippen LogP contribution in [0.3, 0.4) is 0 Å². The van der Waals surface area contributed by atoms with Crippen LogP contribution < -0.4 is 4.72 Å². The lowest BCUT2D eigenvalue weighted by atomic mass is 10.1. The molecule has 7 heteroatoms. The fraction of sp³-hybridized carbons (Fsp3) is 0.462. The van der Waals surface area contributed by atoms with Gasteiger partial charge in [0.1, 0.15) is 0 Å². The van der Waals surface area contributed by atoms with Crippen LogP contribution >= 0.6 is 0 Å². The minimum Gasteiger partial charge on any atom is -0.478 e. The summed E-state index contributed by atoms with van der Waals surface area (Å²) in [6.07, 6.45) is 0.943. The number of rotatable bonds is 7. The zero-order chi connectivity index (χ0) is 15.3. The smallest absolute Gasteiger partial charge is 0.336 e. The molecule has 0 aliphatic rings. The highest BCUT2D eigenvalue weighted by Gasteiger charge is 2.21. The molecule has 0 amide bonds. The Hall–Kier alpha value is -1.44. The number of hydrogen-bond acceptors (Lipinski definition) is 4. The van der Waals surface area contributed by atoms with Crippen molar-refractivity contribution in [2.24, 2.45) is 0 Å². The molecule has 6 nitrogen and oxygen atoms in total. The predicted molar refractivity (Wildman–Crippen MR) is 74.3 cm³/mol. The molecule has 1 atom stereocenters. The van der Waals surface area contributed by atoms with Gasteiger partial charge in [0.25, 0.3) is 0 Å². The summed E-state index contributed by atoms with van der Waals surface area (Å²) in [5.41, 5.74) is 0.554. The minimum atomic E-state index is -3.84. The van der Waals surface area contributed by atoms with E-state index < -0.39 is 22.0 Å². The third-order valence-electron chi connectivity index (χ3n) is 3.04. The molecule has 0 fully saturated rings. The number of aliphatic hydroxyl groups is 1. The summed E-state index contributed by atoms with van der Waals surface area (Å²) in [5.74, 6) is -1.16. The first kappa shape index (κ1) is 16.6. The van der Waals surface area contributed by atoms with Crippen LogP contribution in [-0.4, -0.2) is 37.2 Å². The SMILES string of the molecule is CCc1ccc(S(=O)(=O)N[C@@H](CC)CO)cc1C(=O)O. The largest absolute Gasteiger partial charge is 0.478 e. The molecule has 112 valence electrons. The van der Waals surface area contributed by atoms with E-state index in [1.165, 1.54) is 12.1 Å². The minimum absolute atomic E-state index is 0.0209. The van der Waals surface area contributed by atoms with E-state index in [1.807, 2.05) is 0 Å². The molecule has 0 spiro atoms. The molecule has 1 aromatic rings. The third-order valence-corrected chi connectivity index (χ3v) is 4.56. The highest BCUT2D eigenvalue weighted by Crippen LogP contribution is 2.17. The van der Waals surface area contributed by atoms with Crippen LogP contribution in [0.25, 0.3) is 0 Å². The van der Waals surface area contributed by atoms with Gasteiger partial charge in [-0.3, -0.25) is 0 Å². The molecule has 0 heterocycles. The molecule has 1 rings (SSSR count). The summed E-state index contributed by atoms with van der Waals surface area (Å²) in [4.78, 5) is 11.0. The topological polar surface area (TPSA) is 104 Å². The molecule has 0 aliphatic heterocycles. The summed E-state index contributed by atoms with van der Waals surface area (Å²) in [6.45, 7) is 3.23. The molecule has 1 aromatic carbocycles. The maximum Gasteiger partial charge on any atom is 0.336 e. The standard InChI is InChI=1S/C13H19NO5S/c1-3-9-5-6-11(7-12(9)13(16)17)20(18,19)14-10(4-2)8-15/h5-7,10,14-15H,3-4,8H2,1-2H3,(H,16,17)/t10-/m0/s1. The van der Waals surface area contributed by atoms with E-state index in [0.29, 0.717) is 18.4 Å². The number of hydrogen-bond donors (Lipinski definition) is 3. The number of carboxylic acids is 1. The maximum absolute atomic E-state index is 12.1. The first-order valence-electron chi connectivity index (χ1n) is 6.35. The van der Waals surface area contributed by atoms with Crippen molar-refractivity contribution in [2.75, 3.05) is 6.61 Å². The van der Waals surface area contributed by atoms with Crippen LogP contribution in [0.5, 0.6) is 0 Å². The Kier molecular flexibility index (Phi) is 5.67. The molecule has 0 unspecified atom stereocenters. The predicted octanol–water partition coefficient (Wildman–Crippen LogP) is 0.996. The zero-order valence-electron chi connectivity index (χ0n) is 11.5. The monoisotopic (exact) mass is 301 g/mol. The molecule has 0 saturated carbocycles. The summed E-state index contributed by atoms with van der Waals surface area (Å²) in [6, 6.07) is 3.43. The van der Waals surface area contributed by atoms with Crippen LogP contribution in [0.15, 0.2) is 23.1 Å². The number of aryl methyl sites for hydroxylation is 1. The van der Waals surface area contributed by atoms with Gasteiger partial charge in [-0.05, 0) is 30.5 Å². The van der Waals surface area contributed by atoms with Gasteiger partial charge in [0.2, 0.25) is 10.0 Å². The normalized spacial score (nSPS) is 13.2. The zero-order valence-corrected chi connectivity index (χ0v) is 12.3. The van der Waals surface area contributed by atoms with Crippen LogP contribution in [0, 0.1) is 0 Å². The number of aromatic carboxylic acids is 1. The number of sulfonamides is 1. The van der Waals surface area contributed by atoms with Crippen LogP contribution in [0.2, 0.25) is 0 Å². The molecule has 0 saturated heterocycles. The molecule has 20 heavy (non-hydrogen) atoms. The third kappa shape index (κ3) is 3.78.